The molecule has 11 nitrogen and oxygen atoms in total. The molecule has 3 aromatic carbocycles. The molecule has 0 amide bonds. The maximum absolute atomic E-state index is 6.08. The fraction of sp³-hybridized carbons (Fsp3) is 0.500. The summed E-state index contributed by atoms with van der Waals surface area (Å²) in [5, 5.41) is 3.50. The van der Waals surface area contributed by atoms with Gasteiger partial charge in [0.15, 0.2) is 0 Å². The highest BCUT2D eigenvalue weighted by Gasteiger charge is 2.08. The Labute approximate surface area is 278 Å². The highest BCUT2D eigenvalue weighted by molar-refractivity contribution is 5.40. The summed E-state index contributed by atoms with van der Waals surface area (Å²) in [7, 11) is 0. The van der Waals surface area contributed by atoms with Crippen LogP contribution < -0.4 is 24.3 Å². The largest absolute Gasteiger partial charge is 0.491 e. The number of hydrogen-bond donors (Lipinski definition) is 1. The van der Waals surface area contributed by atoms with Crippen molar-refractivity contribution in [3.8, 4) is 23.0 Å². The average Bonchev–Trinajstić information content (AvgIpc) is 3.10. The van der Waals surface area contributed by atoms with Crippen LogP contribution in [0.5, 0.6) is 23.0 Å². The fourth-order valence-electron chi connectivity index (χ4n) is 4.44. The standard InChI is InChI=1S/C36H49NO10/c1-2-4-31(5-3-1)29-37-30-32-28-35-10-11-36(32)47-27-23-43-19-15-39-13-17-41-21-25-45-34-8-6-33(7-9-34)44-24-20-40-16-12-38-14-18-42-22-26-46-35/h1-11,28,37H,12-27,29-30H2. The molecule has 0 spiro atoms. The van der Waals surface area contributed by atoms with E-state index in [1.54, 1.807) is 0 Å². The Kier molecular flexibility index (Phi) is 18.5. The van der Waals surface area contributed by atoms with Gasteiger partial charge in [-0.3, -0.25) is 0 Å². The molecule has 4 heterocycles. The van der Waals surface area contributed by atoms with Gasteiger partial charge in [-0.05, 0) is 48.0 Å². The van der Waals surface area contributed by atoms with Gasteiger partial charge < -0.3 is 52.7 Å². The van der Waals surface area contributed by atoms with Crippen molar-refractivity contribution in [1.29, 1.82) is 0 Å². The quantitative estimate of drug-likeness (QED) is 0.435. The third-order valence-electron chi connectivity index (χ3n) is 6.81. The zero-order chi connectivity index (χ0) is 32.5. The molecular formula is C36H49NO10. The third kappa shape index (κ3) is 16.3. The highest BCUT2D eigenvalue weighted by atomic mass is 16.6. The van der Waals surface area contributed by atoms with E-state index in [2.05, 4.69) is 17.4 Å². The molecule has 258 valence electrons. The molecule has 47 heavy (non-hydrogen) atoms. The molecule has 4 bridgehead atoms. The van der Waals surface area contributed by atoms with Crippen LogP contribution in [0.25, 0.3) is 0 Å². The van der Waals surface area contributed by atoms with Crippen LogP contribution >= 0.6 is 0 Å². The van der Waals surface area contributed by atoms with Gasteiger partial charge in [-0.1, -0.05) is 30.3 Å². The van der Waals surface area contributed by atoms with E-state index < -0.39 is 0 Å². The SMILES string of the molecule is c1ccc(CNCc2cc3ccc2OCCOCCOCCOCCOc2ccc(cc2)OCCOCCOCCOCCO3)cc1. The van der Waals surface area contributed by atoms with Crippen molar-refractivity contribution in [2.45, 2.75) is 13.1 Å². The molecule has 0 saturated heterocycles. The van der Waals surface area contributed by atoms with E-state index in [9.17, 15) is 0 Å². The van der Waals surface area contributed by atoms with Crippen LogP contribution in [0.2, 0.25) is 0 Å². The van der Waals surface area contributed by atoms with E-state index in [0.717, 1.165) is 35.1 Å². The van der Waals surface area contributed by atoms with Gasteiger partial charge >= 0.3 is 0 Å². The first-order chi connectivity index (χ1) is 23.4. The molecule has 7 rings (SSSR count). The molecule has 4 aliphatic rings. The molecule has 0 saturated carbocycles. The van der Waals surface area contributed by atoms with Crippen molar-refractivity contribution in [1.82, 2.24) is 5.32 Å². The lowest BCUT2D eigenvalue weighted by atomic mass is 10.1. The van der Waals surface area contributed by atoms with Gasteiger partial charge in [-0.25, -0.2) is 0 Å². The molecule has 4 aliphatic heterocycles. The summed E-state index contributed by atoms with van der Waals surface area (Å²) >= 11 is 0. The normalized spacial score (nSPS) is 17.7. The van der Waals surface area contributed by atoms with Crippen molar-refractivity contribution in [2.24, 2.45) is 0 Å². The first kappa shape index (κ1) is 36.4. The lowest BCUT2D eigenvalue weighted by Crippen LogP contribution is -2.16. The van der Waals surface area contributed by atoms with E-state index in [1.807, 2.05) is 60.7 Å². The Morgan fingerprint density at radius 3 is 1.28 bits per heavy atom. The first-order valence-corrected chi connectivity index (χ1v) is 16.3. The van der Waals surface area contributed by atoms with Crippen molar-refractivity contribution < 1.29 is 47.4 Å². The Hall–Kier alpha value is -3.42. The fourth-order valence-corrected chi connectivity index (χ4v) is 4.44. The van der Waals surface area contributed by atoms with Crippen LogP contribution in [0, 0.1) is 0 Å². The highest BCUT2D eigenvalue weighted by Crippen LogP contribution is 2.25. The molecule has 0 aromatic heterocycles. The molecule has 0 unspecified atom stereocenters. The summed E-state index contributed by atoms with van der Waals surface area (Å²) in [6.45, 7) is 8.87. The van der Waals surface area contributed by atoms with E-state index in [0.29, 0.717) is 112 Å². The van der Waals surface area contributed by atoms with Gasteiger partial charge in [0, 0.05) is 18.7 Å². The number of benzene rings is 3. The monoisotopic (exact) mass is 655 g/mol. The second kappa shape index (κ2) is 23.8. The Morgan fingerprint density at radius 2 is 0.787 bits per heavy atom. The maximum Gasteiger partial charge on any atom is 0.124 e. The van der Waals surface area contributed by atoms with Gasteiger partial charge in [-0.15, -0.1) is 0 Å². The van der Waals surface area contributed by atoms with Crippen LogP contribution in [-0.2, 0) is 41.5 Å². The average molecular weight is 656 g/mol. The summed E-state index contributed by atoms with van der Waals surface area (Å²) in [6, 6.07) is 23.6. The molecule has 1 N–H and O–H groups in total. The van der Waals surface area contributed by atoms with Crippen LogP contribution in [0.15, 0.2) is 72.8 Å². The second-order valence-corrected chi connectivity index (χ2v) is 10.4. The predicted molar refractivity (Wildman–Crippen MR) is 177 cm³/mol. The van der Waals surface area contributed by atoms with Gasteiger partial charge in [0.2, 0.25) is 0 Å². The van der Waals surface area contributed by atoms with E-state index in [1.165, 1.54) is 5.56 Å². The lowest BCUT2D eigenvalue weighted by molar-refractivity contribution is 0.00464. The summed E-state index contributed by atoms with van der Waals surface area (Å²) < 4.78 is 57.2. The molecule has 0 aliphatic carbocycles. The zero-order valence-corrected chi connectivity index (χ0v) is 27.2. The summed E-state index contributed by atoms with van der Waals surface area (Å²) in [5.41, 5.74) is 2.22. The Bertz CT molecular complexity index is 1200. The van der Waals surface area contributed by atoms with Gasteiger partial charge in [0.25, 0.3) is 0 Å². The zero-order valence-electron chi connectivity index (χ0n) is 27.2. The maximum atomic E-state index is 6.08. The summed E-state index contributed by atoms with van der Waals surface area (Å²) in [4.78, 5) is 0. The summed E-state index contributed by atoms with van der Waals surface area (Å²) in [5.74, 6) is 3.06. The Morgan fingerprint density at radius 1 is 0.383 bits per heavy atom. The molecule has 0 radical (unpaired) electrons. The number of hydrogen-bond acceptors (Lipinski definition) is 11. The van der Waals surface area contributed by atoms with E-state index in [4.69, 9.17) is 47.4 Å². The van der Waals surface area contributed by atoms with Crippen LogP contribution in [0.3, 0.4) is 0 Å². The molecular weight excluding hydrogens is 606 g/mol. The topological polar surface area (TPSA) is 104 Å². The second-order valence-electron chi connectivity index (χ2n) is 10.4. The lowest BCUT2D eigenvalue weighted by Gasteiger charge is -2.15. The predicted octanol–water partition coefficient (Wildman–Crippen LogP) is 4.31. The van der Waals surface area contributed by atoms with Crippen molar-refractivity contribution in [3.05, 3.63) is 83.9 Å². The third-order valence-corrected chi connectivity index (χ3v) is 6.81. The molecule has 0 atom stereocenters. The Balaban J connectivity index is 1.20. The van der Waals surface area contributed by atoms with Crippen LogP contribution in [0.1, 0.15) is 11.1 Å². The van der Waals surface area contributed by atoms with E-state index >= 15 is 0 Å². The summed E-state index contributed by atoms with van der Waals surface area (Å²) in [6.07, 6.45) is 0. The van der Waals surface area contributed by atoms with E-state index in [-0.39, 0.29) is 0 Å². The van der Waals surface area contributed by atoms with Gasteiger partial charge in [-0.2, -0.15) is 0 Å². The molecule has 11 heteroatoms. The first-order valence-electron chi connectivity index (χ1n) is 16.3. The molecule has 0 fully saturated rings. The van der Waals surface area contributed by atoms with Crippen molar-refractivity contribution >= 4 is 0 Å². The minimum atomic E-state index is 0.423. The smallest absolute Gasteiger partial charge is 0.124 e. The number of nitrogens with one attached hydrogen (secondary N) is 1. The van der Waals surface area contributed by atoms with Gasteiger partial charge in [0.05, 0.1) is 79.3 Å². The number of rotatable bonds is 4. The molecule has 3 aromatic rings. The van der Waals surface area contributed by atoms with Crippen LogP contribution in [-0.4, -0.2) is 106 Å². The number of ether oxygens (including phenoxy) is 10. The van der Waals surface area contributed by atoms with Gasteiger partial charge in [0.1, 0.15) is 49.4 Å². The van der Waals surface area contributed by atoms with Crippen molar-refractivity contribution in [2.75, 3.05) is 106 Å². The van der Waals surface area contributed by atoms with Crippen LogP contribution in [0.4, 0.5) is 0 Å². The van der Waals surface area contributed by atoms with Crippen molar-refractivity contribution in [3.63, 3.8) is 0 Å². The minimum absolute atomic E-state index is 0.423. The minimum Gasteiger partial charge on any atom is -0.491 e.